The van der Waals surface area contributed by atoms with Gasteiger partial charge in [-0.05, 0) is 29.2 Å². The molecule has 0 aromatic heterocycles. The van der Waals surface area contributed by atoms with E-state index in [-0.39, 0.29) is 16.9 Å². The summed E-state index contributed by atoms with van der Waals surface area (Å²) in [5, 5.41) is 9.42. The van der Waals surface area contributed by atoms with Crippen LogP contribution in [0.25, 0.3) is 0 Å². The van der Waals surface area contributed by atoms with Crippen LogP contribution < -0.4 is 4.72 Å². The Balaban J connectivity index is 2.99. The van der Waals surface area contributed by atoms with Crippen LogP contribution in [0.4, 0.5) is 0 Å². The maximum absolute atomic E-state index is 12.0. The normalized spacial score (nSPS) is 12.7. The molecule has 0 saturated carbocycles. The van der Waals surface area contributed by atoms with Crippen LogP contribution in [-0.2, 0) is 16.6 Å². The van der Waals surface area contributed by atoms with Crippen LogP contribution in [0.3, 0.4) is 0 Å². The number of benzene rings is 1. The van der Waals surface area contributed by atoms with Crippen molar-refractivity contribution < 1.29 is 13.5 Å². The van der Waals surface area contributed by atoms with E-state index in [0.29, 0.717) is 17.1 Å². The highest BCUT2D eigenvalue weighted by atomic mass is 35.5. The Labute approximate surface area is 113 Å². The lowest BCUT2D eigenvalue weighted by Crippen LogP contribution is -2.32. The van der Waals surface area contributed by atoms with Crippen molar-refractivity contribution in [3.8, 4) is 0 Å². The Bertz CT molecular complexity index is 521. The second-order valence-electron chi connectivity index (χ2n) is 5.30. The van der Waals surface area contributed by atoms with Gasteiger partial charge in [0.2, 0.25) is 10.0 Å². The number of hydrogen-bond donors (Lipinski definition) is 2. The molecule has 0 aliphatic carbocycles. The van der Waals surface area contributed by atoms with Gasteiger partial charge in [0.1, 0.15) is 0 Å². The third-order valence-electron chi connectivity index (χ3n) is 2.29. The molecule has 1 rings (SSSR count). The zero-order chi connectivity index (χ0) is 14.0. The summed E-state index contributed by atoms with van der Waals surface area (Å²) in [6.07, 6.45) is 0. The highest BCUT2D eigenvalue weighted by Gasteiger charge is 2.19. The van der Waals surface area contributed by atoms with Crippen LogP contribution in [0.2, 0.25) is 5.02 Å². The van der Waals surface area contributed by atoms with Crippen molar-refractivity contribution in [1.29, 1.82) is 0 Å². The summed E-state index contributed by atoms with van der Waals surface area (Å²) < 4.78 is 26.6. The fourth-order valence-corrected chi connectivity index (χ4v) is 2.75. The number of nitrogens with one attached hydrogen (secondary N) is 1. The molecule has 0 aliphatic rings. The predicted octanol–water partition coefficient (Wildman–Crippen LogP) is 2.16. The first-order chi connectivity index (χ1) is 8.15. The smallest absolute Gasteiger partial charge is 0.240 e. The van der Waals surface area contributed by atoms with Crippen molar-refractivity contribution in [2.24, 2.45) is 5.41 Å². The summed E-state index contributed by atoms with van der Waals surface area (Å²) in [5.74, 6) is 0. The number of aliphatic hydroxyl groups is 1. The van der Waals surface area contributed by atoms with Crippen molar-refractivity contribution in [3.63, 3.8) is 0 Å². The molecule has 0 spiro atoms. The second-order valence-corrected chi connectivity index (χ2v) is 7.47. The summed E-state index contributed by atoms with van der Waals surface area (Å²) in [6, 6.07) is 4.28. The first-order valence-electron chi connectivity index (χ1n) is 5.55. The average molecular weight is 292 g/mol. The lowest BCUT2D eigenvalue weighted by Gasteiger charge is -2.19. The van der Waals surface area contributed by atoms with Crippen molar-refractivity contribution in [1.82, 2.24) is 4.72 Å². The van der Waals surface area contributed by atoms with Gasteiger partial charge >= 0.3 is 0 Å². The molecule has 0 fully saturated rings. The molecule has 2 N–H and O–H groups in total. The minimum absolute atomic E-state index is 0.111. The van der Waals surface area contributed by atoms with Crippen LogP contribution in [0.5, 0.6) is 0 Å². The molecule has 0 unspecified atom stereocenters. The van der Waals surface area contributed by atoms with E-state index in [4.69, 9.17) is 16.7 Å². The van der Waals surface area contributed by atoms with Crippen molar-refractivity contribution in [2.75, 3.05) is 6.54 Å². The van der Waals surface area contributed by atoms with E-state index in [1.54, 1.807) is 0 Å². The van der Waals surface area contributed by atoms with E-state index in [0.717, 1.165) is 0 Å². The predicted molar refractivity (Wildman–Crippen MR) is 72.0 cm³/mol. The van der Waals surface area contributed by atoms with Gasteiger partial charge in [0.15, 0.2) is 0 Å². The summed E-state index contributed by atoms with van der Waals surface area (Å²) in [7, 11) is -3.56. The van der Waals surface area contributed by atoms with Crippen LogP contribution >= 0.6 is 11.6 Å². The molecule has 1 aromatic carbocycles. The molecule has 6 heteroatoms. The van der Waals surface area contributed by atoms with Gasteiger partial charge in [-0.2, -0.15) is 0 Å². The van der Waals surface area contributed by atoms with E-state index in [9.17, 15) is 8.42 Å². The zero-order valence-corrected chi connectivity index (χ0v) is 12.3. The lowest BCUT2D eigenvalue weighted by molar-refractivity contribution is 0.281. The molecule has 0 bridgehead atoms. The summed E-state index contributed by atoms with van der Waals surface area (Å²) in [6.45, 7) is 5.87. The molecule has 0 saturated heterocycles. The third-order valence-corrected chi connectivity index (χ3v) is 4.06. The van der Waals surface area contributed by atoms with Crippen LogP contribution in [0, 0.1) is 5.41 Å². The lowest BCUT2D eigenvalue weighted by atomic mass is 9.98. The van der Waals surface area contributed by atoms with E-state index in [2.05, 4.69) is 4.72 Å². The fraction of sp³-hybridized carbons (Fsp3) is 0.500. The number of aliphatic hydroxyl groups excluding tert-OH is 1. The van der Waals surface area contributed by atoms with Crippen molar-refractivity contribution in [2.45, 2.75) is 32.3 Å². The molecular formula is C12H18ClNO3S. The van der Waals surface area contributed by atoms with Gasteiger partial charge < -0.3 is 5.11 Å². The summed E-state index contributed by atoms with van der Waals surface area (Å²) >= 11 is 5.82. The van der Waals surface area contributed by atoms with Crippen molar-refractivity contribution >= 4 is 21.6 Å². The Morgan fingerprint density at radius 3 is 2.44 bits per heavy atom. The Morgan fingerprint density at radius 1 is 1.33 bits per heavy atom. The Morgan fingerprint density at radius 2 is 1.94 bits per heavy atom. The molecule has 0 radical (unpaired) electrons. The topological polar surface area (TPSA) is 66.4 Å². The van der Waals surface area contributed by atoms with Gasteiger partial charge in [-0.3, -0.25) is 0 Å². The third kappa shape index (κ3) is 4.24. The van der Waals surface area contributed by atoms with Gasteiger partial charge in [0.25, 0.3) is 0 Å². The standard InChI is InChI=1S/C12H18ClNO3S/c1-12(2,3)8-14-18(16,17)10-4-5-11(13)9(6-10)7-15/h4-6,14-15H,7-8H2,1-3H3. The number of sulfonamides is 1. The Hall–Kier alpha value is -0.620. The molecular weight excluding hydrogens is 274 g/mol. The van der Waals surface area contributed by atoms with Gasteiger partial charge in [-0.15, -0.1) is 0 Å². The second kappa shape index (κ2) is 5.57. The van der Waals surface area contributed by atoms with Gasteiger partial charge in [-0.1, -0.05) is 32.4 Å². The molecule has 4 nitrogen and oxygen atoms in total. The molecule has 102 valence electrons. The van der Waals surface area contributed by atoms with Crippen LogP contribution in [0.1, 0.15) is 26.3 Å². The maximum atomic E-state index is 12.0. The van der Waals surface area contributed by atoms with E-state index >= 15 is 0 Å². The van der Waals surface area contributed by atoms with E-state index in [1.165, 1.54) is 18.2 Å². The van der Waals surface area contributed by atoms with Gasteiger partial charge in [0.05, 0.1) is 11.5 Å². The van der Waals surface area contributed by atoms with E-state index < -0.39 is 10.0 Å². The molecule has 0 amide bonds. The molecule has 18 heavy (non-hydrogen) atoms. The first kappa shape index (κ1) is 15.4. The molecule has 0 atom stereocenters. The number of hydrogen-bond acceptors (Lipinski definition) is 3. The number of rotatable bonds is 4. The highest BCUT2D eigenvalue weighted by Crippen LogP contribution is 2.21. The number of halogens is 1. The van der Waals surface area contributed by atoms with Crippen LogP contribution in [-0.4, -0.2) is 20.1 Å². The molecule has 0 aliphatic heterocycles. The molecule has 1 aromatic rings. The molecule has 0 heterocycles. The van der Waals surface area contributed by atoms with Gasteiger partial charge in [-0.25, -0.2) is 13.1 Å². The summed E-state index contributed by atoms with van der Waals surface area (Å²) in [5.41, 5.74) is 0.259. The maximum Gasteiger partial charge on any atom is 0.240 e. The SMILES string of the molecule is CC(C)(C)CNS(=O)(=O)c1ccc(Cl)c(CO)c1. The van der Waals surface area contributed by atoms with Gasteiger partial charge in [0, 0.05) is 11.6 Å². The minimum Gasteiger partial charge on any atom is -0.392 e. The minimum atomic E-state index is -3.56. The fourth-order valence-electron chi connectivity index (χ4n) is 1.23. The largest absolute Gasteiger partial charge is 0.392 e. The van der Waals surface area contributed by atoms with Crippen molar-refractivity contribution in [3.05, 3.63) is 28.8 Å². The quantitative estimate of drug-likeness (QED) is 0.893. The van der Waals surface area contributed by atoms with E-state index in [1.807, 2.05) is 20.8 Å². The Kier molecular flexibility index (Phi) is 4.78. The monoisotopic (exact) mass is 291 g/mol. The zero-order valence-electron chi connectivity index (χ0n) is 10.7. The first-order valence-corrected chi connectivity index (χ1v) is 7.41. The van der Waals surface area contributed by atoms with Crippen LogP contribution in [0.15, 0.2) is 23.1 Å². The average Bonchev–Trinajstić information content (AvgIpc) is 2.26. The summed E-state index contributed by atoms with van der Waals surface area (Å²) in [4.78, 5) is 0.111. The highest BCUT2D eigenvalue weighted by molar-refractivity contribution is 7.89.